The molecule has 1 aromatic rings. The van der Waals surface area contributed by atoms with Crippen molar-refractivity contribution in [3.63, 3.8) is 0 Å². The van der Waals surface area contributed by atoms with E-state index in [1.807, 2.05) is 19.1 Å². The third-order valence-corrected chi connectivity index (χ3v) is 5.12. The third-order valence-electron chi connectivity index (χ3n) is 3.56. The van der Waals surface area contributed by atoms with Crippen LogP contribution in [-0.2, 0) is 16.6 Å². The molecule has 112 valence electrons. The zero-order chi connectivity index (χ0) is 14.6. The second-order valence-electron chi connectivity index (χ2n) is 5.57. The number of aryl methyl sites for hydroxylation is 1. The Morgan fingerprint density at radius 2 is 2.05 bits per heavy atom. The van der Waals surface area contributed by atoms with Crippen molar-refractivity contribution >= 4 is 10.0 Å². The summed E-state index contributed by atoms with van der Waals surface area (Å²) in [5, 5.41) is 3.29. The summed E-state index contributed by atoms with van der Waals surface area (Å²) in [4.78, 5) is 0.411. The maximum Gasteiger partial charge on any atom is 0.240 e. The van der Waals surface area contributed by atoms with Gasteiger partial charge in [0.15, 0.2) is 0 Å². The van der Waals surface area contributed by atoms with Crippen LogP contribution in [0.3, 0.4) is 0 Å². The highest BCUT2D eigenvalue weighted by atomic mass is 32.2. The van der Waals surface area contributed by atoms with E-state index in [0.717, 1.165) is 36.9 Å². The van der Waals surface area contributed by atoms with E-state index in [1.165, 1.54) is 0 Å². The van der Waals surface area contributed by atoms with Crippen molar-refractivity contribution in [1.29, 1.82) is 0 Å². The van der Waals surface area contributed by atoms with Gasteiger partial charge in [0.1, 0.15) is 0 Å². The topological polar surface area (TPSA) is 58.2 Å². The van der Waals surface area contributed by atoms with Crippen LogP contribution in [0.5, 0.6) is 0 Å². The zero-order valence-electron chi connectivity index (χ0n) is 12.3. The summed E-state index contributed by atoms with van der Waals surface area (Å²) in [6, 6.07) is 5.65. The quantitative estimate of drug-likeness (QED) is 0.723. The number of rotatable bonds is 8. The van der Waals surface area contributed by atoms with Gasteiger partial charge in [-0.05, 0) is 55.8 Å². The molecule has 0 saturated heterocycles. The van der Waals surface area contributed by atoms with Crippen molar-refractivity contribution in [1.82, 2.24) is 10.0 Å². The van der Waals surface area contributed by atoms with Crippen LogP contribution in [0.25, 0.3) is 0 Å². The van der Waals surface area contributed by atoms with E-state index in [-0.39, 0.29) is 0 Å². The molecule has 2 rings (SSSR count). The van der Waals surface area contributed by atoms with Crippen molar-refractivity contribution in [2.24, 2.45) is 5.92 Å². The fourth-order valence-electron chi connectivity index (χ4n) is 2.08. The molecule has 0 radical (unpaired) electrons. The van der Waals surface area contributed by atoms with Crippen molar-refractivity contribution in [3.8, 4) is 0 Å². The molecule has 0 aliphatic heterocycles. The van der Waals surface area contributed by atoms with E-state index < -0.39 is 10.0 Å². The van der Waals surface area contributed by atoms with Crippen LogP contribution >= 0.6 is 0 Å². The summed E-state index contributed by atoms with van der Waals surface area (Å²) in [7, 11) is -3.38. The van der Waals surface area contributed by atoms with E-state index >= 15 is 0 Å². The van der Waals surface area contributed by atoms with Crippen LogP contribution in [-0.4, -0.2) is 21.5 Å². The average Bonchev–Trinajstić information content (AvgIpc) is 3.23. The molecule has 5 heteroatoms. The van der Waals surface area contributed by atoms with Gasteiger partial charge in [-0.2, -0.15) is 0 Å². The van der Waals surface area contributed by atoms with Crippen LogP contribution in [0.1, 0.15) is 37.3 Å². The van der Waals surface area contributed by atoms with Crippen molar-refractivity contribution in [2.75, 3.05) is 13.1 Å². The fraction of sp³-hybridized carbons (Fsp3) is 0.600. The van der Waals surface area contributed by atoms with Gasteiger partial charge in [0.2, 0.25) is 10.0 Å². The average molecular weight is 296 g/mol. The molecule has 1 aromatic carbocycles. The Balaban J connectivity index is 2.09. The maximum absolute atomic E-state index is 12.3. The smallest absolute Gasteiger partial charge is 0.240 e. The molecule has 0 spiro atoms. The minimum absolute atomic E-state index is 0.411. The SMILES string of the molecule is CCCNCc1ccc(C)c(S(=O)(=O)NCC2CC2)c1. The molecule has 0 atom stereocenters. The molecule has 0 heterocycles. The first-order valence-corrected chi connectivity index (χ1v) is 8.81. The second kappa shape index (κ2) is 6.70. The lowest BCUT2D eigenvalue weighted by Gasteiger charge is -2.11. The predicted octanol–water partition coefficient (Wildman–Crippen LogP) is 2.18. The largest absolute Gasteiger partial charge is 0.313 e. The summed E-state index contributed by atoms with van der Waals surface area (Å²) in [6.07, 6.45) is 3.35. The monoisotopic (exact) mass is 296 g/mol. The molecule has 1 aliphatic rings. The Bertz CT molecular complexity index is 551. The summed E-state index contributed by atoms with van der Waals surface area (Å²) in [6.45, 7) is 6.17. The number of benzene rings is 1. The molecule has 1 fully saturated rings. The lowest BCUT2D eigenvalue weighted by Crippen LogP contribution is -2.26. The lowest BCUT2D eigenvalue weighted by molar-refractivity contribution is 0.576. The lowest BCUT2D eigenvalue weighted by atomic mass is 10.1. The van der Waals surface area contributed by atoms with Crippen LogP contribution in [0.2, 0.25) is 0 Å². The van der Waals surface area contributed by atoms with Gasteiger partial charge in [-0.25, -0.2) is 13.1 Å². The molecule has 1 saturated carbocycles. The molecule has 0 aromatic heterocycles. The number of hydrogen-bond acceptors (Lipinski definition) is 3. The highest BCUT2D eigenvalue weighted by Gasteiger charge is 2.25. The Morgan fingerprint density at radius 1 is 1.30 bits per heavy atom. The number of nitrogens with one attached hydrogen (secondary N) is 2. The van der Waals surface area contributed by atoms with Crippen molar-refractivity contribution < 1.29 is 8.42 Å². The van der Waals surface area contributed by atoms with Gasteiger partial charge in [0.25, 0.3) is 0 Å². The van der Waals surface area contributed by atoms with Crippen molar-refractivity contribution in [2.45, 2.75) is 44.6 Å². The third kappa shape index (κ3) is 4.30. The summed E-state index contributed by atoms with van der Waals surface area (Å²) >= 11 is 0. The summed E-state index contributed by atoms with van der Waals surface area (Å²) in [5.74, 6) is 0.541. The van der Waals surface area contributed by atoms with E-state index in [1.54, 1.807) is 6.07 Å². The number of hydrogen-bond donors (Lipinski definition) is 2. The minimum Gasteiger partial charge on any atom is -0.313 e. The first kappa shape index (κ1) is 15.5. The van der Waals surface area contributed by atoms with E-state index in [0.29, 0.717) is 23.9 Å². The van der Waals surface area contributed by atoms with Gasteiger partial charge in [-0.15, -0.1) is 0 Å². The first-order valence-electron chi connectivity index (χ1n) is 7.33. The first-order chi connectivity index (χ1) is 9.53. The fourth-order valence-corrected chi connectivity index (χ4v) is 3.49. The molecule has 2 N–H and O–H groups in total. The van der Waals surface area contributed by atoms with Crippen LogP contribution in [0.15, 0.2) is 23.1 Å². The Kier molecular flexibility index (Phi) is 5.18. The van der Waals surface area contributed by atoms with E-state index in [9.17, 15) is 8.42 Å². The Labute approximate surface area is 122 Å². The van der Waals surface area contributed by atoms with Crippen LogP contribution < -0.4 is 10.0 Å². The zero-order valence-corrected chi connectivity index (χ0v) is 13.1. The van der Waals surface area contributed by atoms with Gasteiger partial charge in [-0.3, -0.25) is 0 Å². The molecule has 1 aliphatic carbocycles. The normalized spacial score (nSPS) is 15.5. The highest BCUT2D eigenvalue weighted by Crippen LogP contribution is 2.28. The van der Waals surface area contributed by atoms with E-state index in [2.05, 4.69) is 17.0 Å². The summed E-state index contributed by atoms with van der Waals surface area (Å²) < 4.78 is 27.4. The molecule has 0 unspecified atom stereocenters. The van der Waals surface area contributed by atoms with Crippen LogP contribution in [0.4, 0.5) is 0 Å². The molecule has 4 nitrogen and oxygen atoms in total. The Hall–Kier alpha value is -0.910. The predicted molar refractivity (Wildman–Crippen MR) is 81.1 cm³/mol. The highest BCUT2D eigenvalue weighted by molar-refractivity contribution is 7.89. The molecule has 0 amide bonds. The van der Waals surface area contributed by atoms with Crippen molar-refractivity contribution in [3.05, 3.63) is 29.3 Å². The standard InChI is InChI=1S/C15H24N2O2S/c1-3-8-16-10-14-5-4-12(2)15(9-14)20(18,19)17-11-13-6-7-13/h4-5,9,13,16-17H,3,6-8,10-11H2,1-2H3. The minimum atomic E-state index is -3.38. The molecule has 0 bridgehead atoms. The second-order valence-corrected chi connectivity index (χ2v) is 7.31. The number of sulfonamides is 1. The van der Waals surface area contributed by atoms with Gasteiger partial charge in [0.05, 0.1) is 4.90 Å². The maximum atomic E-state index is 12.3. The van der Waals surface area contributed by atoms with Gasteiger partial charge < -0.3 is 5.32 Å². The van der Waals surface area contributed by atoms with E-state index in [4.69, 9.17) is 0 Å². The summed E-state index contributed by atoms with van der Waals surface area (Å²) in [5.41, 5.74) is 1.81. The molecule has 20 heavy (non-hydrogen) atoms. The molecular formula is C15H24N2O2S. The van der Waals surface area contributed by atoms with Crippen LogP contribution in [0, 0.1) is 12.8 Å². The van der Waals surface area contributed by atoms with Gasteiger partial charge >= 0.3 is 0 Å². The van der Waals surface area contributed by atoms with Gasteiger partial charge in [0, 0.05) is 13.1 Å². The van der Waals surface area contributed by atoms with Gasteiger partial charge in [-0.1, -0.05) is 19.1 Å². The molecular weight excluding hydrogens is 272 g/mol. The Morgan fingerprint density at radius 3 is 2.70 bits per heavy atom.